The Balaban J connectivity index is 1.99. The first-order valence-electron chi connectivity index (χ1n) is 5.70. The van der Waals surface area contributed by atoms with Gasteiger partial charge in [-0.1, -0.05) is 17.3 Å². The smallest absolute Gasteiger partial charge is 0.251 e. The number of amides is 1. The number of nitrogens with one attached hydrogen (secondary N) is 1. The van der Waals surface area contributed by atoms with Crippen LogP contribution in [0.4, 0.5) is 0 Å². The lowest BCUT2D eigenvalue weighted by Crippen LogP contribution is -2.22. The zero-order chi connectivity index (χ0) is 14.5. The number of thiophene rings is 1. The molecule has 0 aliphatic carbocycles. The predicted molar refractivity (Wildman–Crippen MR) is 82.1 cm³/mol. The number of benzene rings is 1. The van der Waals surface area contributed by atoms with E-state index in [1.165, 1.54) is 0 Å². The van der Waals surface area contributed by atoms with Crippen LogP contribution in [0.2, 0.25) is 0 Å². The largest absolute Gasteiger partial charge is 0.409 e. The maximum Gasteiger partial charge on any atom is 0.251 e. The molecule has 0 radical (unpaired) electrons. The van der Waals surface area contributed by atoms with Crippen molar-refractivity contribution in [2.75, 3.05) is 0 Å². The average Bonchev–Trinajstić information content (AvgIpc) is 2.89. The van der Waals surface area contributed by atoms with Crippen LogP contribution in [0.25, 0.3) is 0 Å². The van der Waals surface area contributed by atoms with Gasteiger partial charge in [-0.25, -0.2) is 0 Å². The Labute approximate surface area is 128 Å². The van der Waals surface area contributed by atoms with E-state index in [1.54, 1.807) is 35.6 Å². The molecule has 0 bridgehead atoms. The molecule has 0 fully saturated rings. The molecule has 2 aromatic rings. The predicted octanol–water partition coefficient (Wildman–Crippen LogP) is 2.54. The third-order valence-electron chi connectivity index (χ3n) is 2.60. The number of amidine groups is 1. The SMILES string of the molecule is NC(=NO)c1ccc(C(=O)NCc2ccc(Br)s2)cc1. The quantitative estimate of drug-likeness (QED) is 0.341. The summed E-state index contributed by atoms with van der Waals surface area (Å²) in [5.74, 6) is -0.152. The van der Waals surface area contributed by atoms with Crippen molar-refractivity contribution in [1.82, 2.24) is 5.32 Å². The van der Waals surface area contributed by atoms with Gasteiger partial charge >= 0.3 is 0 Å². The Morgan fingerprint density at radius 2 is 1.90 bits per heavy atom. The molecule has 0 unspecified atom stereocenters. The molecule has 20 heavy (non-hydrogen) atoms. The standard InChI is InChI=1S/C13H12BrN3O2S/c14-11-6-5-10(20-11)7-16-13(18)9-3-1-8(2-4-9)12(15)17-19/h1-6,19H,7H2,(H2,15,17)(H,16,18). The maximum absolute atomic E-state index is 11.9. The summed E-state index contributed by atoms with van der Waals surface area (Å²) in [4.78, 5) is 13.0. The van der Waals surface area contributed by atoms with E-state index >= 15 is 0 Å². The van der Waals surface area contributed by atoms with Crippen molar-refractivity contribution in [2.45, 2.75) is 6.54 Å². The van der Waals surface area contributed by atoms with Gasteiger partial charge in [0.05, 0.1) is 10.3 Å². The number of carbonyl (C=O) groups excluding carboxylic acids is 1. The van der Waals surface area contributed by atoms with Gasteiger partial charge < -0.3 is 16.3 Å². The van der Waals surface area contributed by atoms with E-state index in [9.17, 15) is 4.79 Å². The van der Waals surface area contributed by atoms with E-state index in [2.05, 4.69) is 26.4 Å². The summed E-state index contributed by atoms with van der Waals surface area (Å²) in [6.07, 6.45) is 0. The van der Waals surface area contributed by atoms with E-state index in [0.29, 0.717) is 17.7 Å². The summed E-state index contributed by atoms with van der Waals surface area (Å²) in [5.41, 5.74) is 6.54. The lowest BCUT2D eigenvalue weighted by Gasteiger charge is -2.04. The van der Waals surface area contributed by atoms with Gasteiger partial charge in [0.2, 0.25) is 0 Å². The molecule has 104 valence electrons. The van der Waals surface area contributed by atoms with Crippen LogP contribution in [0.5, 0.6) is 0 Å². The van der Waals surface area contributed by atoms with Gasteiger partial charge in [-0.2, -0.15) is 0 Å². The van der Waals surface area contributed by atoms with Crippen molar-refractivity contribution in [3.05, 3.63) is 56.2 Å². The van der Waals surface area contributed by atoms with Crippen molar-refractivity contribution >= 4 is 39.0 Å². The summed E-state index contributed by atoms with van der Waals surface area (Å²) in [6.45, 7) is 0.483. The molecule has 0 atom stereocenters. The van der Waals surface area contributed by atoms with Crippen LogP contribution in [0.1, 0.15) is 20.8 Å². The summed E-state index contributed by atoms with van der Waals surface area (Å²) < 4.78 is 1.03. The Kier molecular flexibility index (Phi) is 4.75. The van der Waals surface area contributed by atoms with Crippen molar-refractivity contribution in [3.8, 4) is 0 Å². The van der Waals surface area contributed by atoms with Gasteiger partial charge in [0.15, 0.2) is 5.84 Å². The summed E-state index contributed by atoms with van der Waals surface area (Å²) in [7, 11) is 0. The van der Waals surface area contributed by atoms with Gasteiger partial charge in [0.25, 0.3) is 5.91 Å². The molecule has 0 saturated heterocycles. The second-order valence-corrected chi connectivity index (χ2v) is 6.50. The van der Waals surface area contributed by atoms with Crippen molar-refractivity contribution in [1.29, 1.82) is 0 Å². The molecule has 1 aromatic heterocycles. The molecule has 1 aromatic carbocycles. The van der Waals surface area contributed by atoms with Gasteiger partial charge in [0.1, 0.15) is 0 Å². The molecular formula is C13H12BrN3O2S. The highest BCUT2D eigenvalue weighted by molar-refractivity contribution is 9.11. The lowest BCUT2D eigenvalue weighted by molar-refractivity contribution is 0.0951. The number of carbonyl (C=O) groups is 1. The molecule has 2 rings (SSSR count). The van der Waals surface area contributed by atoms with E-state index < -0.39 is 0 Å². The van der Waals surface area contributed by atoms with Crippen LogP contribution in [0, 0.1) is 0 Å². The highest BCUT2D eigenvalue weighted by atomic mass is 79.9. The maximum atomic E-state index is 11.9. The van der Waals surface area contributed by atoms with Gasteiger partial charge in [-0.3, -0.25) is 4.79 Å². The Morgan fingerprint density at radius 1 is 1.25 bits per heavy atom. The highest BCUT2D eigenvalue weighted by Crippen LogP contribution is 2.21. The summed E-state index contributed by atoms with van der Waals surface area (Å²) in [6, 6.07) is 10.4. The topological polar surface area (TPSA) is 87.7 Å². The minimum absolute atomic E-state index is 0.0143. The number of hydrogen-bond donors (Lipinski definition) is 3. The van der Waals surface area contributed by atoms with Crippen LogP contribution in [-0.4, -0.2) is 17.0 Å². The molecule has 4 N–H and O–H groups in total. The number of nitrogens with two attached hydrogens (primary N) is 1. The monoisotopic (exact) mass is 353 g/mol. The van der Waals surface area contributed by atoms with Crippen LogP contribution >= 0.6 is 27.3 Å². The first-order valence-corrected chi connectivity index (χ1v) is 7.31. The highest BCUT2D eigenvalue weighted by Gasteiger charge is 2.07. The number of hydrogen-bond acceptors (Lipinski definition) is 4. The van der Waals surface area contributed by atoms with Crippen LogP contribution < -0.4 is 11.1 Å². The first-order chi connectivity index (χ1) is 9.60. The molecule has 0 saturated carbocycles. The van der Waals surface area contributed by atoms with Gasteiger partial charge in [-0.05, 0) is 40.2 Å². The van der Waals surface area contributed by atoms with Crippen molar-refractivity contribution in [2.24, 2.45) is 10.9 Å². The van der Waals surface area contributed by atoms with E-state index in [4.69, 9.17) is 10.9 Å². The number of rotatable bonds is 4. The molecule has 1 amide bonds. The zero-order valence-corrected chi connectivity index (χ0v) is 12.7. The van der Waals surface area contributed by atoms with E-state index in [1.807, 2.05) is 12.1 Å². The van der Waals surface area contributed by atoms with Crippen molar-refractivity contribution < 1.29 is 10.0 Å². The third kappa shape index (κ3) is 3.58. The molecule has 0 aliphatic heterocycles. The first kappa shape index (κ1) is 14.5. The average molecular weight is 354 g/mol. The fourth-order valence-corrected chi connectivity index (χ4v) is 2.99. The van der Waals surface area contributed by atoms with Gasteiger partial charge in [0, 0.05) is 16.0 Å². The normalized spacial score (nSPS) is 11.3. The molecule has 0 aliphatic rings. The van der Waals surface area contributed by atoms with Crippen LogP contribution in [0.15, 0.2) is 45.3 Å². The zero-order valence-electron chi connectivity index (χ0n) is 10.3. The lowest BCUT2D eigenvalue weighted by atomic mass is 10.1. The number of halogens is 1. The second kappa shape index (κ2) is 6.53. The van der Waals surface area contributed by atoms with Crippen LogP contribution in [-0.2, 0) is 6.54 Å². The molecule has 5 nitrogen and oxygen atoms in total. The molecule has 7 heteroatoms. The van der Waals surface area contributed by atoms with Crippen molar-refractivity contribution in [3.63, 3.8) is 0 Å². The van der Waals surface area contributed by atoms with E-state index in [-0.39, 0.29) is 11.7 Å². The Morgan fingerprint density at radius 3 is 2.45 bits per heavy atom. The Hall–Kier alpha value is -1.86. The fourth-order valence-electron chi connectivity index (χ4n) is 1.57. The number of oxime groups is 1. The minimum Gasteiger partial charge on any atom is -0.409 e. The number of nitrogens with zero attached hydrogens (tertiary/aromatic N) is 1. The molecular weight excluding hydrogens is 342 g/mol. The molecule has 1 heterocycles. The van der Waals surface area contributed by atoms with Gasteiger partial charge in [-0.15, -0.1) is 11.3 Å². The Bertz CT molecular complexity index is 637. The summed E-state index contributed by atoms with van der Waals surface area (Å²) in [5, 5.41) is 14.3. The third-order valence-corrected chi connectivity index (χ3v) is 4.23. The van der Waals surface area contributed by atoms with E-state index in [0.717, 1.165) is 8.66 Å². The fraction of sp³-hybridized carbons (Fsp3) is 0.0769. The minimum atomic E-state index is -0.166. The molecule has 0 spiro atoms. The second-order valence-electron chi connectivity index (χ2n) is 3.95. The van der Waals surface area contributed by atoms with Crippen LogP contribution in [0.3, 0.4) is 0 Å². The summed E-state index contributed by atoms with van der Waals surface area (Å²) >= 11 is 4.95.